The number of H-pyrrole nitrogens is 1. The summed E-state index contributed by atoms with van der Waals surface area (Å²) in [5, 5.41) is 9.59. The summed E-state index contributed by atoms with van der Waals surface area (Å²) in [6.07, 6.45) is -0.845. The Kier molecular flexibility index (Phi) is 4.17. The summed E-state index contributed by atoms with van der Waals surface area (Å²) >= 11 is 1.37. The molecule has 0 unspecified atom stereocenters. The molecule has 26 heavy (non-hydrogen) atoms. The van der Waals surface area contributed by atoms with Crippen LogP contribution in [-0.4, -0.2) is 24.6 Å². The van der Waals surface area contributed by atoms with Crippen molar-refractivity contribution in [3.63, 3.8) is 0 Å². The number of aromatic nitrogens is 5. The van der Waals surface area contributed by atoms with Gasteiger partial charge in [0.2, 0.25) is 5.95 Å². The zero-order chi connectivity index (χ0) is 18.1. The van der Waals surface area contributed by atoms with Crippen molar-refractivity contribution in [3.8, 4) is 0 Å². The van der Waals surface area contributed by atoms with Gasteiger partial charge in [0.25, 0.3) is 6.43 Å². The summed E-state index contributed by atoms with van der Waals surface area (Å²) in [4.78, 5) is 9.89. The molecular weight excluding hydrogens is 360 g/mol. The van der Waals surface area contributed by atoms with Crippen LogP contribution in [0.15, 0.2) is 58.7 Å². The number of nitrogens with one attached hydrogen (secondary N) is 2. The Morgan fingerprint density at radius 3 is 2.69 bits per heavy atom. The molecule has 0 radical (unpaired) electrons. The molecule has 0 saturated carbocycles. The molecule has 4 rings (SSSR count). The van der Waals surface area contributed by atoms with Crippen molar-refractivity contribution in [1.29, 1.82) is 0 Å². The molecule has 3 aromatic heterocycles. The quantitative estimate of drug-likeness (QED) is 0.460. The number of rotatable bonds is 5. The van der Waals surface area contributed by atoms with Crippen LogP contribution in [0, 0.1) is 0 Å². The third kappa shape index (κ3) is 3.31. The van der Waals surface area contributed by atoms with Crippen LogP contribution in [-0.2, 0) is 0 Å². The second-order valence-corrected chi connectivity index (χ2v) is 6.41. The molecule has 4 N–H and O–H groups in total. The molecule has 0 saturated heterocycles. The van der Waals surface area contributed by atoms with Crippen molar-refractivity contribution in [2.75, 3.05) is 11.1 Å². The predicted octanol–water partition coefficient (Wildman–Crippen LogP) is 3.87. The maximum Gasteiger partial charge on any atom is 0.279 e. The Morgan fingerprint density at radius 1 is 1.15 bits per heavy atom. The maximum atomic E-state index is 12.7. The Morgan fingerprint density at radius 2 is 1.96 bits per heavy atom. The third-order valence-electron chi connectivity index (χ3n) is 3.53. The standard InChI is InChI=1S/C16H13F2N7S/c17-14(18)11-8-12(24-23-11)20-15-22-16(21-13-2-1-7-25(13)15)26-10-5-3-9(19)4-6-10/h1-8,14H,19H2,(H2,20,21,22,23,24). The van der Waals surface area contributed by atoms with Crippen molar-refractivity contribution in [1.82, 2.24) is 24.6 Å². The minimum absolute atomic E-state index is 0.248. The first-order chi connectivity index (χ1) is 12.6. The van der Waals surface area contributed by atoms with Gasteiger partial charge in [-0.2, -0.15) is 10.1 Å². The highest BCUT2D eigenvalue weighted by Crippen LogP contribution is 2.28. The largest absolute Gasteiger partial charge is 0.399 e. The monoisotopic (exact) mass is 373 g/mol. The Hall–Kier alpha value is -3.14. The summed E-state index contributed by atoms with van der Waals surface area (Å²) in [6.45, 7) is 0. The van der Waals surface area contributed by atoms with Gasteiger partial charge in [-0.1, -0.05) is 0 Å². The van der Waals surface area contributed by atoms with E-state index in [0.717, 1.165) is 4.90 Å². The molecule has 0 amide bonds. The Bertz CT molecular complexity index is 1040. The van der Waals surface area contributed by atoms with Crippen LogP contribution >= 0.6 is 11.8 Å². The first kappa shape index (κ1) is 16.3. The Labute approximate surface area is 150 Å². The summed E-state index contributed by atoms with van der Waals surface area (Å²) in [5.41, 5.74) is 6.78. The van der Waals surface area contributed by atoms with Crippen molar-refractivity contribution < 1.29 is 8.78 Å². The number of alkyl halides is 2. The molecule has 132 valence electrons. The molecule has 1 aromatic carbocycles. The third-order valence-corrected chi connectivity index (χ3v) is 4.40. The van der Waals surface area contributed by atoms with Gasteiger partial charge in [0, 0.05) is 22.8 Å². The summed E-state index contributed by atoms with van der Waals surface area (Å²) < 4.78 is 27.1. The second-order valence-electron chi connectivity index (χ2n) is 5.37. The van der Waals surface area contributed by atoms with Gasteiger partial charge in [0.15, 0.2) is 11.0 Å². The number of hydrogen-bond donors (Lipinski definition) is 3. The summed E-state index contributed by atoms with van der Waals surface area (Å²) in [6, 6.07) is 12.2. The highest BCUT2D eigenvalue weighted by Gasteiger charge is 2.13. The number of halogens is 2. The number of aromatic amines is 1. The highest BCUT2D eigenvalue weighted by atomic mass is 32.2. The summed E-state index contributed by atoms with van der Waals surface area (Å²) in [7, 11) is 0. The van der Waals surface area contributed by atoms with Gasteiger partial charge >= 0.3 is 0 Å². The van der Waals surface area contributed by atoms with Gasteiger partial charge in [0.1, 0.15) is 11.3 Å². The fraction of sp³-hybridized carbons (Fsp3) is 0.0625. The lowest BCUT2D eigenvalue weighted by Crippen LogP contribution is -2.04. The topological polar surface area (TPSA) is 96.9 Å². The van der Waals surface area contributed by atoms with Crippen LogP contribution in [0.2, 0.25) is 0 Å². The minimum Gasteiger partial charge on any atom is -0.399 e. The number of anilines is 3. The van der Waals surface area contributed by atoms with E-state index in [0.29, 0.717) is 22.4 Å². The average Bonchev–Trinajstić information content (AvgIpc) is 3.26. The molecule has 0 aliphatic rings. The lowest BCUT2D eigenvalue weighted by Gasteiger charge is -2.08. The molecule has 0 aliphatic carbocycles. The van der Waals surface area contributed by atoms with Gasteiger partial charge in [-0.25, -0.2) is 13.8 Å². The smallest absolute Gasteiger partial charge is 0.279 e. The fourth-order valence-electron chi connectivity index (χ4n) is 2.31. The van der Waals surface area contributed by atoms with E-state index >= 15 is 0 Å². The van der Waals surface area contributed by atoms with E-state index in [2.05, 4.69) is 25.5 Å². The maximum absolute atomic E-state index is 12.7. The SMILES string of the molecule is Nc1ccc(Sc2nc(Nc3cc(C(F)F)[nH]n3)n3cccc3n2)cc1. The van der Waals surface area contributed by atoms with Crippen molar-refractivity contribution in [3.05, 3.63) is 54.4 Å². The molecule has 0 bridgehead atoms. The zero-order valence-corrected chi connectivity index (χ0v) is 14.0. The average molecular weight is 373 g/mol. The van der Waals surface area contributed by atoms with Crippen molar-refractivity contribution >= 4 is 34.9 Å². The molecule has 0 fully saturated rings. The van der Waals surface area contributed by atoms with E-state index < -0.39 is 6.43 Å². The van der Waals surface area contributed by atoms with E-state index in [4.69, 9.17) is 5.73 Å². The van der Waals surface area contributed by atoms with E-state index in [1.165, 1.54) is 17.8 Å². The molecule has 7 nitrogen and oxygen atoms in total. The molecular formula is C16H13F2N7S. The van der Waals surface area contributed by atoms with E-state index in [1.807, 2.05) is 24.3 Å². The van der Waals surface area contributed by atoms with E-state index in [9.17, 15) is 8.78 Å². The lowest BCUT2D eigenvalue weighted by atomic mass is 10.3. The summed E-state index contributed by atoms with van der Waals surface area (Å²) in [5.74, 6) is 0.669. The van der Waals surface area contributed by atoms with Crippen LogP contribution in [0.5, 0.6) is 0 Å². The molecule has 0 aliphatic heterocycles. The van der Waals surface area contributed by atoms with Gasteiger partial charge in [0.05, 0.1) is 0 Å². The molecule has 10 heteroatoms. The number of nitrogens with zero attached hydrogens (tertiary/aromatic N) is 4. The van der Waals surface area contributed by atoms with Crippen molar-refractivity contribution in [2.24, 2.45) is 0 Å². The van der Waals surface area contributed by atoms with E-state index in [1.54, 1.807) is 22.7 Å². The van der Waals surface area contributed by atoms with E-state index in [-0.39, 0.29) is 11.5 Å². The number of benzene rings is 1. The predicted molar refractivity (Wildman–Crippen MR) is 94.8 cm³/mol. The van der Waals surface area contributed by atoms with Crippen molar-refractivity contribution in [2.45, 2.75) is 16.5 Å². The van der Waals surface area contributed by atoms with Gasteiger partial charge in [-0.15, -0.1) is 0 Å². The normalized spacial score (nSPS) is 11.3. The minimum atomic E-state index is -2.62. The van der Waals surface area contributed by atoms with Crippen LogP contribution < -0.4 is 11.1 Å². The second kappa shape index (κ2) is 6.64. The molecule has 3 heterocycles. The molecule has 0 atom stereocenters. The molecule has 4 aromatic rings. The number of nitrogens with two attached hydrogens (primary N) is 1. The van der Waals surface area contributed by atoms with Crippen LogP contribution in [0.1, 0.15) is 12.1 Å². The highest BCUT2D eigenvalue weighted by molar-refractivity contribution is 7.99. The fourth-order valence-corrected chi connectivity index (χ4v) is 3.07. The van der Waals surface area contributed by atoms with Gasteiger partial charge in [-0.05, 0) is 48.2 Å². The van der Waals surface area contributed by atoms with Gasteiger partial charge in [-0.3, -0.25) is 9.50 Å². The number of hydrogen-bond acceptors (Lipinski definition) is 6. The first-order valence-electron chi connectivity index (χ1n) is 7.57. The van der Waals surface area contributed by atoms with Crippen LogP contribution in [0.4, 0.5) is 26.2 Å². The Balaban J connectivity index is 1.66. The molecule has 0 spiro atoms. The van der Waals surface area contributed by atoms with Crippen LogP contribution in [0.3, 0.4) is 0 Å². The number of fused-ring (bicyclic) bond motifs is 1. The lowest BCUT2D eigenvalue weighted by molar-refractivity contribution is 0.146. The number of nitrogen functional groups attached to an aromatic ring is 1. The zero-order valence-electron chi connectivity index (χ0n) is 13.2. The van der Waals surface area contributed by atoms with Crippen LogP contribution in [0.25, 0.3) is 5.65 Å². The first-order valence-corrected chi connectivity index (χ1v) is 8.39. The van der Waals surface area contributed by atoms with Gasteiger partial charge < -0.3 is 11.1 Å².